The van der Waals surface area contributed by atoms with E-state index in [1.54, 1.807) is 0 Å². The Morgan fingerprint density at radius 3 is 2.88 bits per heavy atom. The van der Waals surface area contributed by atoms with Gasteiger partial charge in [-0.2, -0.15) is 0 Å². The number of fused-ring (bicyclic) bond motifs is 1. The minimum absolute atomic E-state index is 0.465. The van der Waals surface area contributed by atoms with E-state index in [2.05, 4.69) is 4.90 Å². The molecule has 0 radical (unpaired) electrons. The Bertz CT molecular complexity index is 265. The second-order valence-electron chi connectivity index (χ2n) is 5.31. The van der Waals surface area contributed by atoms with Gasteiger partial charge in [0.2, 0.25) is 0 Å². The van der Waals surface area contributed by atoms with E-state index in [-0.39, 0.29) is 0 Å². The van der Waals surface area contributed by atoms with Crippen molar-refractivity contribution in [3.05, 3.63) is 0 Å². The average Bonchev–Trinajstić information content (AvgIpc) is 2.35. The highest BCUT2D eigenvalue weighted by Crippen LogP contribution is 2.30. The normalized spacial score (nSPS) is 31.6. The summed E-state index contributed by atoms with van der Waals surface area (Å²) in [5.74, 6) is -0.0234. The van der Waals surface area contributed by atoms with Gasteiger partial charge in [-0.3, -0.25) is 4.90 Å². The lowest BCUT2D eigenvalue weighted by atomic mass is 9.84. The zero-order valence-corrected chi connectivity index (χ0v) is 10.6. The van der Waals surface area contributed by atoms with Crippen molar-refractivity contribution < 1.29 is 14.6 Å². The molecular formula is C13H23NO3. The summed E-state index contributed by atoms with van der Waals surface area (Å²) in [6.07, 6.45) is 5.18. The highest BCUT2D eigenvalue weighted by Gasteiger charge is 2.33. The molecule has 0 aromatic rings. The molecule has 2 aliphatic rings. The van der Waals surface area contributed by atoms with Gasteiger partial charge in [0.15, 0.2) is 0 Å². The number of rotatable bonds is 3. The van der Waals surface area contributed by atoms with Crippen LogP contribution in [0.3, 0.4) is 0 Å². The first-order valence-electron chi connectivity index (χ1n) is 6.77. The molecule has 0 saturated carbocycles. The third-order valence-corrected chi connectivity index (χ3v) is 4.01. The molecule has 98 valence electrons. The molecule has 2 aliphatic heterocycles. The maximum absolute atomic E-state index is 11.3. The Morgan fingerprint density at radius 2 is 2.12 bits per heavy atom. The maximum Gasteiger partial charge on any atom is 0.334 e. The van der Waals surface area contributed by atoms with Crippen molar-refractivity contribution in [2.75, 3.05) is 19.7 Å². The van der Waals surface area contributed by atoms with E-state index < -0.39 is 12.1 Å². The molecule has 2 fully saturated rings. The standard InChI is InChI=1S/C13H23NO3/c1-10(15)13(16)17-9-11-5-4-8-14-7-3-2-6-12(11)14/h10-12,15H,2-9H2,1H3/t10-,11-,12-/m0/s1. The van der Waals surface area contributed by atoms with Gasteiger partial charge in [0.25, 0.3) is 0 Å². The zero-order valence-electron chi connectivity index (χ0n) is 10.6. The van der Waals surface area contributed by atoms with Gasteiger partial charge in [-0.1, -0.05) is 6.42 Å². The van der Waals surface area contributed by atoms with Gasteiger partial charge >= 0.3 is 5.97 Å². The third-order valence-electron chi connectivity index (χ3n) is 4.01. The highest BCUT2D eigenvalue weighted by atomic mass is 16.5. The van der Waals surface area contributed by atoms with Crippen LogP contribution in [0.15, 0.2) is 0 Å². The average molecular weight is 241 g/mol. The molecule has 0 unspecified atom stereocenters. The first kappa shape index (κ1) is 12.8. The predicted octanol–water partition coefficient (Wildman–Crippen LogP) is 1.17. The van der Waals surface area contributed by atoms with E-state index in [1.165, 1.54) is 45.7 Å². The number of esters is 1. The zero-order chi connectivity index (χ0) is 12.3. The molecular weight excluding hydrogens is 218 g/mol. The number of carbonyl (C=O) groups is 1. The van der Waals surface area contributed by atoms with E-state index in [1.807, 2.05) is 0 Å². The molecule has 2 saturated heterocycles. The molecule has 1 N–H and O–H groups in total. The fraction of sp³-hybridized carbons (Fsp3) is 0.923. The minimum atomic E-state index is -0.999. The summed E-state index contributed by atoms with van der Waals surface area (Å²) in [6.45, 7) is 4.33. The van der Waals surface area contributed by atoms with Crippen molar-refractivity contribution in [2.24, 2.45) is 5.92 Å². The molecule has 3 atom stereocenters. The summed E-state index contributed by atoms with van der Waals surface area (Å²) in [6, 6.07) is 0.597. The largest absolute Gasteiger partial charge is 0.463 e. The van der Waals surface area contributed by atoms with Crippen LogP contribution in [0.4, 0.5) is 0 Å². The van der Waals surface area contributed by atoms with Crippen LogP contribution in [0, 0.1) is 5.92 Å². The maximum atomic E-state index is 11.3. The number of nitrogens with zero attached hydrogens (tertiary/aromatic N) is 1. The molecule has 0 bridgehead atoms. The second-order valence-corrected chi connectivity index (χ2v) is 5.31. The van der Waals surface area contributed by atoms with Crippen molar-refractivity contribution in [3.63, 3.8) is 0 Å². The van der Waals surface area contributed by atoms with Gasteiger partial charge in [-0.15, -0.1) is 0 Å². The smallest absolute Gasteiger partial charge is 0.334 e. The molecule has 0 spiro atoms. The van der Waals surface area contributed by atoms with Crippen LogP contribution in [-0.2, 0) is 9.53 Å². The number of hydrogen-bond donors (Lipinski definition) is 1. The van der Waals surface area contributed by atoms with Crippen molar-refractivity contribution in [1.29, 1.82) is 0 Å². The Kier molecular flexibility index (Phi) is 4.40. The summed E-state index contributed by atoms with van der Waals surface area (Å²) < 4.78 is 5.18. The third kappa shape index (κ3) is 3.19. The van der Waals surface area contributed by atoms with Crippen LogP contribution in [0.1, 0.15) is 39.0 Å². The van der Waals surface area contributed by atoms with E-state index in [4.69, 9.17) is 9.84 Å². The summed E-state index contributed by atoms with van der Waals surface area (Å²) in [7, 11) is 0. The summed E-state index contributed by atoms with van der Waals surface area (Å²) in [4.78, 5) is 13.8. The second kappa shape index (κ2) is 5.83. The van der Waals surface area contributed by atoms with Gasteiger partial charge in [0.05, 0.1) is 6.61 Å². The van der Waals surface area contributed by atoms with E-state index in [0.717, 1.165) is 6.42 Å². The molecule has 0 amide bonds. The SMILES string of the molecule is C[C@H](O)C(=O)OC[C@@H]1CCCN2CCCC[C@@H]12. The van der Waals surface area contributed by atoms with E-state index in [0.29, 0.717) is 18.6 Å². The van der Waals surface area contributed by atoms with Crippen molar-refractivity contribution in [1.82, 2.24) is 4.90 Å². The lowest BCUT2D eigenvalue weighted by Gasteiger charge is -2.44. The fourth-order valence-corrected chi connectivity index (χ4v) is 3.08. The topological polar surface area (TPSA) is 49.8 Å². The molecule has 4 heteroatoms. The molecule has 2 rings (SSSR count). The Labute approximate surface area is 103 Å². The van der Waals surface area contributed by atoms with Gasteiger partial charge in [0.1, 0.15) is 6.10 Å². The highest BCUT2D eigenvalue weighted by molar-refractivity contribution is 5.73. The summed E-state index contributed by atoms with van der Waals surface area (Å²) >= 11 is 0. The lowest BCUT2D eigenvalue weighted by molar-refractivity contribution is -0.155. The van der Waals surface area contributed by atoms with Crippen LogP contribution < -0.4 is 0 Å². The summed E-state index contributed by atoms with van der Waals surface area (Å²) in [5, 5.41) is 9.10. The summed E-state index contributed by atoms with van der Waals surface area (Å²) in [5.41, 5.74) is 0. The Morgan fingerprint density at radius 1 is 1.35 bits per heavy atom. The molecule has 0 aromatic carbocycles. The minimum Gasteiger partial charge on any atom is -0.463 e. The van der Waals surface area contributed by atoms with Crippen LogP contribution in [0.5, 0.6) is 0 Å². The number of carbonyl (C=O) groups excluding carboxylic acids is 1. The first-order chi connectivity index (χ1) is 8.18. The van der Waals surface area contributed by atoms with Crippen molar-refractivity contribution >= 4 is 5.97 Å². The van der Waals surface area contributed by atoms with E-state index >= 15 is 0 Å². The quantitative estimate of drug-likeness (QED) is 0.754. The van der Waals surface area contributed by atoms with Crippen LogP contribution in [0.25, 0.3) is 0 Å². The van der Waals surface area contributed by atoms with Crippen LogP contribution in [0.2, 0.25) is 0 Å². The van der Waals surface area contributed by atoms with Crippen molar-refractivity contribution in [3.8, 4) is 0 Å². The Hall–Kier alpha value is -0.610. The van der Waals surface area contributed by atoms with Crippen LogP contribution >= 0.6 is 0 Å². The van der Waals surface area contributed by atoms with Gasteiger partial charge in [-0.25, -0.2) is 4.79 Å². The van der Waals surface area contributed by atoms with Crippen LogP contribution in [-0.4, -0.2) is 47.8 Å². The fourth-order valence-electron chi connectivity index (χ4n) is 3.08. The molecule has 0 aliphatic carbocycles. The number of hydrogen-bond acceptors (Lipinski definition) is 4. The van der Waals surface area contributed by atoms with Crippen molar-refractivity contribution in [2.45, 2.75) is 51.2 Å². The number of aliphatic hydroxyl groups is 1. The van der Waals surface area contributed by atoms with E-state index in [9.17, 15) is 4.79 Å². The van der Waals surface area contributed by atoms with Gasteiger partial charge in [0, 0.05) is 12.0 Å². The van der Waals surface area contributed by atoms with Gasteiger partial charge < -0.3 is 9.84 Å². The predicted molar refractivity (Wildman–Crippen MR) is 64.6 cm³/mol. The molecule has 0 aromatic heterocycles. The lowest BCUT2D eigenvalue weighted by Crippen LogP contribution is -2.49. The number of aliphatic hydroxyl groups excluding tert-OH is 1. The monoisotopic (exact) mass is 241 g/mol. The molecule has 4 nitrogen and oxygen atoms in total. The Balaban J connectivity index is 1.84. The number of ether oxygens (including phenoxy) is 1. The molecule has 2 heterocycles. The first-order valence-corrected chi connectivity index (χ1v) is 6.77. The van der Waals surface area contributed by atoms with Gasteiger partial charge in [-0.05, 0) is 45.7 Å². The number of piperidine rings is 2. The molecule has 17 heavy (non-hydrogen) atoms.